The molecule has 0 spiro atoms. The van der Waals surface area contributed by atoms with Crippen LogP contribution in [0.1, 0.15) is 11.3 Å². The lowest BCUT2D eigenvalue weighted by molar-refractivity contribution is 0.547. The molecule has 0 aliphatic carbocycles. The molecule has 0 atom stereocenters. The summed E-state index contributed by atoms with van der Waals surface area (Å²) >= 11 is 0. The van der Waals surface area contributed by atoms with Crippen LogP contribution in [0.15, 0.2) is 53.6 Å². The summed E-state index contributed by atoms with van der Waals surface area (Å²) in [6.45, 7) is 1.87. The second-order valence-corrected chi connectivity index (χ2v) is 8.71. The van der Waals surface area contributed by atoms with Crippen molar-refractivity contribution in [2.24, 2.45) is 0 Å². The molecule has 3 heterocycles. The van der Waals surface area contributed by atoms with Gasteiger partial charge in [0.05, 0.1) is 35.1 Å². The zero-order chi connectivity index (χ0) is 21.5. The summed E-state index contributed by atoms with van der Waals surface area (Å²) < 4.78 is 42.3. The number of sulfonamides is 1. The number of halogens is 1. The Morgan fingerprint density at radius 2 is 2.00 bits per heavy atom. The van der Waals surface area contributed by atoms with E-state index in [2.05, 4.69) is 19.8 Å². The van der Waals surface area contributed by atoms with E-state index in [1.54, 1.807) is 37.4 Å². The first kappa shape index (κ1) is 19.8. The van der Waals surface area contributed by atoms with Gasteiger partial charge in [0.15, 0.2) is 0 Å². The Morgan fingerprint density at radius 3 is 2.67 bits per heavy atom. The molecule has 1 aromatic carbocycles. The summed E-state index contributed by atoms with van der Waals surface area (Å²) in [7, 11) is -3.67. The van der Waals surface area contributed by atoms with Crippen LogP contribution in [0.5, 0.6) is 0 Å². The van der Waals surface area contributed by atoms with Crippen LogP contribution in [0.4, 0.5) is 10.1 Å². The average molecular weight is 427 g/mol. The maximum Gasteiger partial charge on any atom is 0.250 e. The van der Waals surface area contributed by atoms with Crippen LogP contribution >= 0.6 is 0 Å². The first-order valence-electron chi connectivity index (χ1n) is 8.99. The van der Waals surface area contributed by atoms with E-state index < -0.39 is 16.0 Å². The normalized spacial score (nSPS) is 11.7. The monoisotopic (exact) mass is 427 g/mol. The van der Waals surface area contributed by atoms with Gasteiger partial charge in [-0.15, -0.1) is 5.10 Å². The third-order valence-electron chi connectivity index (χ3n) is 4.57. The van der Waals surface area contributed by atoms with Crippen molar-refractivity contribution in [2.45, 2.75) is 13.5 Å². The van der Waals surface area contributed by atoms with Crippen molar-refractivity contribution < 1.29 is 12.8 Å². The molecule has 4 rings (SSSR count). The second kappa shape index (κ2) is 7.38. The van der Waals surface area contributed by atoms with E-state index in [0.717, 1.165) is 6.26 Å². The average Bonchev–Trinajstić information content (AvgIpc) is 2.99. The summed E-state index contributed by atoms with van der Waals surface area (Å²) in [5.41, 5.74) is 2.65. The topological polar surface area (TPSA) is 110 Å². The van der Waals surface area contributed by atoms with E-state index in [9.17, 15) is 17.6 Å². The zero-order valence-electron chi connectivity index (χ0n) is 16.2. The Balaban J connectivity index is 1.95. The van der Waals surface area contributed by atoms with Crippen LogP contribution in [-0.2, 0) is 16.6 Å². The molecule has 0 amide bonds. The van der Waals surface area contributed by atoms with E-state index in [4.69, 9.17) is 0 Å². The fraction of sp³-hybridized carbons (Fsp3) is 0.150. The molecule has 0 saturated heterocycles. The van der Waals surface area contributed by atoms with Crippen molar-refractivity contribution in [3.63, 3.8) is 0 Å². The van der Waals surface area contributed by atoms with Gasteiger partial charge >= 0.3 is 0 Å². The lowest BCUT2D eigenvalue weighted by atomic mass is 10.0. The maximum atomic E-state index is 14.8. The third kappa shape index (κ3) is 3.94. The van der Waals surface area contributed by atoms with Crippen LogP contribution in [-0.4, -0.2) is 34.4 Å². The highest BCUT2D eigenvalue weighted by Gasteiger charge is 2.19. The molecule has 154 valence electrons. The Hall–Kier alpha value is -3.53. The van der Waals surface area contributed by atoms with Gasteiger partial charge in [0, 0.05) is 18.0 Å². The number of aryl methyl sites for hydroxylation is 1. The van der Waals surface area contributed by atoms with Crippen molar-refractivity contribution in [1.82, 2.24) is 19.7 Å². The SMILES string of the molecule is Cc1cc(-c2cc(NS(C)(=O)=O)c3c(F)nn(Cc4ccccn4)c3c2)c[nH]c1=O. The molecule has 8 nitrogen and oxygen atoms in total. The minimum Gasteiger partial charge on any atom is -0.328 e. The quantitative estimate of drug-likeness (QED) is 0.509. The Labute approximate surface area is 171 Å². The highest BCUT2D eigenvalue weighted by atomic mass is 32.2. The molecule has 3 aromatic heterocycles. The number of nitrogens with one attached hydrogen (secondary N) is 2. The lowest BCUT2D eigenvalue weighted by Crippen LogP contribution is -2.11. The number of fused-ring (bicyclic) bond motifs is 1. The largest absolute Gasteiger partial charge is 0.328 e. The van der Waals surface area contributed by atoms with Gasteiger partial charge in [-0.2, -0.15) is 4.39 Å². The smallest absolute Gasteiger partial charge is 0.250 e. The van der Waals surface area contributed by atoms with Crippen molar-refractivity contribution in [1.29, 1.82) is 0 Å². The van der Waals surface area contributed by atoms with Gasteiger partial charge in [-0.25, -0.2) is 8.42 Å². The summed E-state index contributed by atoms with van der Waals surface area (Å²) in [4.78, 5) is 18.6. The fourth-order valence-corrected chi connectivity index (χ4v) is 3.79. The molecule has 0 fully saturated rings. The van der Waals surface area contributed by atoms with E-state index in [-0.39, 0.29) is 23.2 Å². The first-order chi connectivity index (χ1) is 14.2. The molecule has 0 radical (unpaired) electrons. The number of benzene rings is 1. The highest BCUT2D eigenvalue weighted by molar-refractivity contribution is 7.92. The summed E-state index contributed by atoms with van der Waals surface area (Å²) in [5.74, 6) is -0.795. The van der Waals surface area contributed by atoms with Gasteiger partial charge in [0.2, 0.25) is 16.0 Å². The summed E-state index contributed by atoms with van der Waals surface area (Å²) in [6, 6.07) is 10.3. The number of aromatic amines is 1. The number of H-pyrrole nitrogens is 1. The lowest BCUT2D eigenvalue weighted by Gasteiger charge is -2.11. The van der Waals surface area contributed by atoms with Crippen LogP contribution in [0.3, 0.4) is 0 Å². The molecule has 30 heavy (non-hydrogen) atoms. The van der Waals surface area contributed by atoms with E-state index in [1.807, 2.05) is 6.07 Å². The van der Waals surface area contributed by atoms with Crippen molar-refractivity contribution >= 4 is 26.6 Å². The molecule has 10 heteroatoms. The van der Waals surface area contributed by atoms with Crippen molar-refractivity contribution in [2.75, 3.05) is 11.0 Å². The minimum atomic E-state index is -3.67. The highest BCUT2D eigenvalue weighted by Crippen LogP contribution is 2.33. The number of nitrogens with zero attached hydrogens (tertiary/aromatic N) is 3. The molecule has 0 aliphatic rings. The molecular weight excluding hydrogens is 409 g/mol. The van der Waals surface area contributed by atoms with Gasteiger partial charge in [0.1, 0.15) is 0 Å². The van der Waals surface area contributed by atoms with E-state index in [0.29, 0.717) is 27.9 Å². The van der Waals surface area contributed by atoms with Gasteiger partial charge in [-0.1, -0.05) is 6.07 Å². The standard InChI is InChI=1S/C20H18FN5O3S/c1-12-7-14(10-23-20(12)27)13-8-16(25-30(2,28)29)18-17(9-13)26(24-19(18)21)11-15-5-3-4-6-22-15/h3-10,25H,11H2,1-2H3,(H,23,27). The fourth-order valence-electron chi connectivity index (χ4n) is 3.23. The van der Waals surface area contributed by atoms with Crippen molar-refractivity contribution in [3.05, 3.63) is 76.4 Å². The molecule has 0 aliphatic heterocycles. The first-order valence-corrected chi connectivity index (χ1v) is 10.9. The number of anilines is 1. The maximum absolute atomic E-state index is 14.8. The summed E-state index contributed by atoms with van der Waals surface area (Å²) in [5, 5.41) is 4.02. The Bertz CT molecular complexity index is 1410. The predicted octanol–water partition coefficient (Wildman–Crippen LogP) is 2.65. The van der Waals surface area contributed by atoms with Gasteiger partial charge in [0.25, 0.3) is 5.56 Å². The number of hydrogen-bond acceptors (Lipinski definition) is 5. The Kier molecular flexibility index (Phi) is 4.86. The van der Waals surface area contributed by atoms with Gasteiger partial charge in [-0.3, -0.25) is 19.2 Å². The van der Waals surface area contributed by atoms with Crippen molar-refractivity contribution in [3.8, 4) is 11.1 Å². The number of pyridine rings is 2. The number of aromatic nitrogens is 4. The molecule has 2 N–H and O–H groups in total. The number of rotatable bonds is 5. The Morgan fingerprint density at radius 1 is 1.20 bits per heavy atom. The summed E-state index contributed by atoms with van der Waals surface area (Å²) in [6.07, 6.45) is 4.14. The molecular formula is C20H18FN5O3S. The van der Waals surface area contributed by atoms with Crippen LogP contribution in [0.2, 0.25) is 0 Å². The molecule has 0 bridgehead atoms. The molecule has 0 unspecified atom stereocenters. The molecule has 4 aromatic rings. The van der Waals surface area contributed by atoms with Crippen LogP contribution in [0.25, 0.3) is 22.0 Å². The minimum absolute atomic E-state index is 0.0567. The van der Waals surface area contributed by atoms with Crippen LogP contribution < -0.4 is 10.3 Å². The molecule has 0 saturated carbocycles. The zero-order valence-corrected chi connectivity index (χ0v) is 17.0. The van der Waals surface area contributed by atoms with Gasteiger partial charge < -0.3 is 4.98 Å². The second-order valence-electron chi connectivity index (χ2n) is 6.96. The van der Waals surface area contributed by atoms with Gasteiger partial charge in [-0.05, 0) is 48.4 Å². The predicted molar refractivity (Wildman–Crippen MR) is 112 cm³/mol. The van der Waals surface area contributed by atoms with E-state index >= 15 is 0 Å². The number of hydrogen-bond donors (Lipinski definition) is 2. The third-order valence-corrected chi connectivity index (χ3v) is 5.16. The van der Waals surface area contributed by atoms with E-state index in [1.165, 1.54) is 16.9 Å². The van der Waals surface area contributed by atoms with Crippen LogP contribution in [0, 0.1) is 12.9 Å².